The number of aryl methyl sites for hydroxylation is 1. The molecule has 0 unspecified atom stereocenters. The minimum atomic E-state index is -0.482. The summed E-state index contributed by atoms with van der Waals surface area (Å²) in [5.74, 6) is 0.838. The van der Waals surface area contributed by atoms with E-state index in [0.717, 1.165) is 37.0 Å². The molecule has 0 bridgehead atoms. The van der Waals surface area contributed by atoms with Crippen LogP contribution >= 0.6 is 0 Å². The standard InChI is InChI=1S/C21H28O3/c1-3-14-21(17-22,15-13-18-7-5-4-6-8-18)24-16-19-9-11-20(23-2)12-10-19/h4-12,22H,3,13-17H2,1-2H3/t21-/m1/s1. The highest BCUT2D eigenvalue weighted by atomic mass is 16.5. The first-order chi connectivity index (χ1) is 11.7. The van der Waals surface area contributed by atoms with E-state index < -0.39 is 5.60 Å². The molecule has 0 saturated carbocycles. The third-order valence-electron chi connectivity index (χ3n) is 4.41. The van der Waals surface area contributed by atoms with Gasteiger partial charge < -0.3 is 14.6 Å². The highest BCUT2D eigenvalue weighted by Gasteiger charge is 2.29. The van der Waals surface area contributed by atoms with Gasteiger partial charge in [-0.1, -0.05) is 55.8 Å². The van der Waals surface area contributed by atoms with Crippen LogP contribution in [-0.4, -0.2) is 24.4 Å². The molecule has 0 spiro atoms. The van der Waals surface area contributed by atoms with E-state index in [0.29, 0.717) is 6.61 Å². The van der Waals surface area contributed by atoms with Gasteiger partial charge in [0.25, 0.3) is 0 Å². The zero-order valence-corrected chi connectivity index (χ0v) is 14.7. The second-order valence-electron chi connectivity index (χ2n) is 6.21. The molecule has 3 heteroatoms. The van der Waals surface area contributed by atoms with E-state index in [2.05, 4.69) is 19.1 Å². The Hall–Kier alpha value is -1.84. The molecule has 1 atom stereocenters. The fourth-order valence-electron chi connectivity index (χ4n) is 2.90. The molecule has 0 aromatic heterocycles. The summed E-state index contributed by atoms with van der Waals surface area (Å²) in [7, 11) is 1.66. The zero-order chi connectivity index (χ0) is 17.3. The summed E-state index contributed by atoms with van der Waals surface area (Å²) in [6.45, 7) is 2.67. The molecule has 130 valence electrons. The Bertz CT molecular complexity index is 580. The van der Waals surface area contributed by atoms with Gasteiger partial charge in [-0.3, -0.25) is 0 Å². The van der Waals surface area contributed by atoms with Crippen LogP contribution in [0.5, 0.6) is 5.75 Å². The average Bonchev–Trinajstić information content (AvgIpc) is 2.65. The van der Waals surface area contributed by atoms with Gasteiger partial charge in [-0.2, -0.15) is 0 Å². The van der Waals surface area contributed by atoms with Crippen molar-refractivity contribution < 1.29 is 14.6 Å². The lowest BCUT2D eigenvalue weighted by Gasteiger charge is -2.32. The highest BCUT2D eigenvalue weighted by Crippen LogP contribution is 2.26. The van der Waals surface area contributed by atoms with Crippen LogP contribution in [0.3, 0.4) is 0 Å². The second-order valence-corrected chi connectivity index (χ2v) is 6.21. The van der Waals surface area contributed by atoms with Crippen molar-refractivity contribution in [3.63, 3.8) is 0 Å². The van der Waals surface area contributed by atoms with E-state index in [4.69, 9.17) is 9.47 Å². The van der Waals surface area contributed by atoms with E-state index in [9.17, 15) is 5.11 Å². The summed E-state index contributed by atoms with van der Waals surface area (Å²) >= 11 is 0. The molecule has 0 aliphatic rings. The summed E-state index contributed by atoms with van der Waals surface area (Å²) in [5, 5.41) is 10.0. The number of ether oxygens (including phenoxy) is 2. The van der Waals surface area contributed by atoms with Gasteiger partial charge in [0, 0.05) is 0 Å². The Kier molecular flexibility index (Phi) is 7.29. The molecule has 0 fully saturated rings. The lowest BCUT2D eigenvalue weighted by molar-refractivity contribution is -0.0995. The number of hydrogen-bond acceptors (Lipinski definition) is 3. The SMILES string of the molecule is CCC[C@](CO)(CCc1ccccc1)OCc1ccc(OC)cc1. The van der Waals surface area contributed by atoms with Gasteiger partial charge in [-0.15, -0.1) is 0 Å². The number of methoxy groups -OCH3 is 1. The Morgan fingerprint density at radius 3 is 2.21 bits per heavy atom. The molecule has 0 saturated heterocycles. The molecule has 0 aliphatic heterocycles. The number of rotatable bonds is 10. The molecule has 0 radical (unpaired) electrons. The predicted molar refractivity (Wildman–Crippen MR) is 97.3 cm³/mol. The Labute approximate surface area is 145 Å². The normalized spacial score (nSPS) is 13.5. The monoisotopic (exact) mass is 328 g/mol. The van der Waals surface area contributed by atoms with Crippen LogP contribution < -0.4 is 4.74 Å². The number of aliphatic hydroxyl groups is 1. The number of benzene rings is 2. The number of aliphatic hydroxyl groups excluding tert-OH is 1. The van der Waals surface area contributed by atoms with Gasteiger partial charge in [-0.25, -0.2) is 0 Å². The summed E-state index contributed by atoms with van der Waals surface area (Å²) in [4.78, 5) is 0. The third kappa shape index (κ3) is 5.36. The maximum absolute atomic E-state index is 10.0. The van der Waals surface area contributed by atoms with Gasteiger partial charge in [0.1, 0.15) is 5.75 Å². The van der Waals surface area contributed by atoms with Crippen LogP contribution in [-0.2, 0) is 17.8 Å². The first-order valence-corrected chi connectivity index (χ1v) is 8.63. The molecular weight excluding hydrogens is 300 g/mol. The van der Waals surface area contributed by atoms with Gasteiger partial charge >= 0.3 is 0 Å². The van der Waals surface area contributed by atoms with E-state index in [-0.39, 0.29) is 6.61 Å². The smallest absolute Gasteiger partial charge is 0.118 e. The lowest BCUT2D eigenvalue weighted by Crippen LogP contribution is -2.37. The molecule has 0 amide bonds. The fourth-order valence-corrected chi connectivity index (χ4v) is 2.90. The Morgan fingerprint density at radius 2 is 1.62 bits per heavy atom. The quantitative estimate of drug-likeness (QED) is 0.703. The second kappa shape index (κ2) is 9.45. The highest BCUT2D eigenvalue weighted by molar-refractivity contribution is 5.26. The molecule has 2 aromatic carbocycles. The van der Waals surface area contributed by atoms with Crippen LogP contribution in [0.4, 0.5) is 0 Å². The van der Waals surface area contributed by atoms with Crippen molar-refractivity contribution in [3.05, 3.63) is 65.7 Å². The van der Waals surface area contributed by atoms with Crippen LogP contribution in [0.15, 0.2) is 54.6 Å². The minimum absolute atomic E-state index is 0.0455. The summed E-state index contributed by atoms with van der Waals surface area (Å²) in [5.41, 5.74) is 1.88. The zero-order valence-electron chi connectivity index (χ0n) is 14.7. The Morgan fingerprint density at radius 1 is 0.917 bits per heavy atom. The van der Waals surface area contributed by atoms with Crippen LogP contribution in [0, 0.1) is 0 Å². The largest absolute Gasteiger partial charge is 0.497 e. The van der Waals surface area contributed by atoms with E-state index in [1.165, 1.54) is 5.56 Å². The van der Waals surface area contributed by atoms with Gasteiger partial charge in [-0.05, 0) is 42.5 Å². The van der Waals surface area contributed by atoms with Crippen molar-refractivity contribution in [3.8, 4) is 5.75 Å². The first-order valence-electron chi connectivity index (χ1n) is 8.63. The number of hydrogen-bond donors (Lipinski definition) is 1. The molecule has 0 heterocycles. The Balaban J connectivity index is 1.99. The van der Waals surface area contributed by atoms with Crippen molar-refractivity contribution in [2.24, 2.45) is 0 Å². The molecule has 1 N–H and O–H groups in total. The molecule has 2 aromatic rings. The van der Waals surface area contributed by atoms with Crippen molar-refractivity contribution in [1.29, 1.82) is 0 Å². The first kappa shape index (κ1) is 18.5. The summed E-state index contributed by atoms with van der Waals surface area (Å²) in [6.07, 6.45) is 3.56. The maximum Gasteiger partial charge on any atom is 0.118 e. The molecule has 2 rings (SSSR count). The van der Waals surface area contributed by atoms with E-state index in [1.807, 2.05) is 42.5 Å². The van der Waals surface area contributed by atoms with Crippen molar-refractivity contribution in [2.75, 3.05) is 13.7 Å². The topological polar surface area (TPSA) is 38.7 Å². The van der Waals surface area contributed by atoms with Gasteiger partial charge in [0.05, 0.1) is 25.9 Å². The van der Waals surface area contributed by atoms with Crippen molar-refractivity contribution in [2.45, 2.75) is 44.8 Å². The van der Waals surface area contributed by atoms with Crippen LogP contribution in [0.2, 0.25) is 0 Å². The molecule has 3 nitrogen and oxygen atoms in total. The molecule has 24 heavy (non-hydrogen) atoms. The van der Waals surface area contributed by atoms with Crippen molar-refractivity contribution in [1.82, 2.24) is 0 Å². The van der Waals surface area contributed by atoms with Gasteiger partial charge in [0.15, 0.2) is 0 Å². The molecule has 0 aliphatic carbocycles. The van der Waals surface area contributed by atoms with E-state index >= 15 is 0 Å². The van der Waals surface area contributed by atoms with Gasteiger partial charge in [0.2, 0.25) is 0 Å². The summed E-state index contributed by atoms with van der Waals surface area (Å²) in [6, 6.07) is 18.2. The van der Waals surface area contributed by atoms with Crippen LogP contribution in [0.1, 0.15) is 37.3 Å². The summed E-state index contributed by atoms with van der Waals surface area (Å²) < 4.78 is 11.4. The van der Waals surface area contributed by atoms with Crippen LogP contribution in [0.25, 0.3) is 0 Å². The average molecular weight is 328 g/mol. The third-order valence-corrected chi connectivity index (χ3v) is 4.41. The maximum atomic E-state index is 10.0. The minimum Gasteiger partial charge on any atom is -0.497 e. The predicted octanol–water partition coefficient (Wildman–Crippen LogP) is 4.38. The van der Waals surface area contributed by atoms with E-state index in [1.54, 1.807) is 7.11 Å². The lowest BCUT2D eigenvalue weighted by atomic mass is 9.91. The van der Waals surface area contributed by atoms with Crippen molar-refractivity contribution >= 4 is 0 Å². The fraction of sp³-hybridized carbons (Fsp3) is 0.429. The molecular formula is C21H28O3.